The molecule has 8 heteroatoms. The molecule has 3 rings (SSSR count). The third-order valence-electron chi connectivity index (χ3n) is 3.94. The van der Waals surface area contributed by atoms with Crippen molar-refractivity contribution in [1.82, 2.24) is 4.98 Å². The lowest BCUT2D eigenvalue weighted by Gasteiger charge is -2.29. The van der Waals surface area contributed by atoms with Gasteiger partial charge < -0.3 is 9.72 Å². The molecular formula is C16H16N2O5S. The van der Waals surface area contributed by atoms with Gasteiger partial charge in [0.15, 0.2) is 0 Å². The van der Waals surface area contributed by atoms with Gasteiger partial charge in [-0.3, -0.25) is 9.10 Å². The molecule has 0 saturated carbocycles. The van der Waals surface area contributed by atoms with E-state index in [9.17, 15) is 18.0 Å². The number of hydrogen-bond acceptors (Lipinski definition) is 5. The topological polar surface area (TPSA) is 96.5 Å². The summed E-state index contributed by atoms with van der Waals surface area (Å²) in [4.78, 5) is 26.1. The quantitative estimate of drug-likeness (QED) is 0.844. The van der Waals surface area contributed by atoms with E-state index in [0.29, 0.717) is 18.4 Å². The Labute approximate surface area is 138 Å². The van der Waals surface area contributed by atoms with Crippen LogP contribution in [0.4, 0.5) is 5.69 Å². The summed E-state index contributed by atoms with van der Waals surface area (Å²) in [7, 11) is -2.63. The van der Waals surface area contributed by atoms with E-state index in [1.807, 2.05) is 0 Å². The number of sulfonamides is 1. The molecule has 0 aliphatic carbocycles. The highest BCUT2D eigenvalue weighted by atomic mass is 32.2. The van der Waals surface area contributed by atoms with E-state index in [-0.39, 0.29) is 22.7 Å². The first-order valence-corrected chi connectivity index (χ1v) is 8.81. The van der Waals surface area contributed by atoms with Crippen LogP contribution in [0.15, 0.2) is 46.2 Å². The smallest absolute Gasteiger partial charge is 0.337 e. The molecule has 1 aromatic carbocycles. The summed E-state index contributed by atoms with van der Waals surface area (Å²) < 4.78 is 31.6. The Morgan fingerprint density at radius 1 is 1.21 bits per heavy atom. The third kappa shape index (κ3) is 2.69. The number of aromatic amines is 1. The highest BCUT2D eigenvalue weighted by Crippen LogP contribution is 2.28. The number of benzene rings is 1. The molecule has 0 unspecified atom stereocenters. The molecule has 0 radical (unpaired) electrons. The van der Waals surface area contributed by atoms with Crippen LogP contribution in [0.5, 0.6) is 0 Å². The van der Waals surface area contributed by atoms with Crippen molar-refractivity contribution in [3.05, 3.63) is 58.0 Å². The Bertz CT molecular complexity index is 932. The van der Waals surface area contributed by atoms with Gasteiger partial charge in [0, 0.05) is 12.7 Å². The molecule has 0 atom stereocenters. The maximum Gasteiger partial charge on any atom is 0.337 e. The number of nitrogens with one attached hydrogen (secondary N) is 1. The first kappa shape index (κ1) is 16.3. The fraction of sp³-hybridized carbons (Fsp3) is 0.250. The maximum absolute atomic E-state index is 12.9. The zero-order valence-electron chi connectivity index (χ0n) is 13.0. The van der Waals surface area contributed by atoms with Crippen molar-refractivity contribution in [3.8, 4) is 0 Å². The van der Waals surface area contributed by atoms with Gasteiger partial charge in [0.2, 0.25) is 0 Å². The minimum atomic E-state index is -3.89. The Morgan fingerprint density at radius 3 is 2.58 bits per heavy atom. The van der Waals surface area contributed by atoms with Gasteiger partial charge in [0.1, 0.15) is 5.69 Å². The lowest BCUT2D eigenvalue weighted by molar-refractivity contribution is 0.0600. The van der Waals surface area contributed by atoms with Crippen molar-refractivity contribution in [3.63, 3.8) is 0 Å². The molecule has 24 heavy (non-hydrogen) atoms. The highest BCUT2D eigenvalue weighted by Gasteiger charge is 2.31. The summed E-state index contributed by atoms with van der Waals surface area (Å²) in [5.41, 5.74) is 0.704. The van der Waals surface area contributed by atoms with Crippen molar-refractivity contribution >= 4 is 21.7 Å². The number of H-pyrrole nitrogens is 1. The minimum Gasteiger partial charge on any atom is -0.465 e. The third-order valence-corrected chi connectivity index (χ3v) is 5.75. The average Bonchev–Trinajstić information content (AvgIpc) is 2.61. The summed E-state index contributed by atoms with van der Waals surface area (Å²) in [5.74, 6) is -0.543. The highest BCUT2D eigenvalue weighted by molar-refractivity contribution is 7.92. The van der Waals surface area contributed by atoms with Crippen LogP contribution in [-0.4, -0.2) is 33.0 Å². The number of esters is 1. The van der Waals surface area contributed by atoms with Crippen LogP contribution in [0.3, 0.4) is 0 Å². The van der Waals surface area contributed by atoms with Crippen LogP contribution in [0.1, 0.15) is 22.3 Å². The average molecular weight is 348 g/mol. The first-order chi connectivity index (χ1) is 11.4. The predicted octanol–water partition coefficient (Wildman–Crippen LogP) is 1.30. The number of fused-ring (bicyclic) bond motifs is 1. The summed E-state index contributed by atoms with van der Waals surface area (Å²) >= 11 is 0. The molecule has 0 fully saturated rings. The van der Waals surface area contributed by atoms with Crippen LogP contribution < -0.4 is 9.86 Å². The molecule has 2 heterocycles. The molecule has 0 amide bonds. The van der Waals surface area contributed by atoms with Gasteiger partial charge in [-0.15, -0.1) is 0 Å². The zero-order valence-corrected chi connectivity index (χ0v) is 13.8. The Hall–Kier alpha value is -2.61. The van der Waals surface area contributed by atoms with E-state index in [2.05, 4.69) is 9.72 Å². The molecule has 0 bridgehead atoms. The van der Waals surface area contributed by atoms with Crippen LogP contribution in [-0.2, 0) is 21.2 Å². The Morgan fingerprint density at radius 2 is 1.92 bits per heavy atom. The van der Waals surface area contributed by atoms with Gasteiger partial charge in [-0.1, -0.05) is 0 Å². The van der Waals surface area contributed by atoms with Crippen molar-refractivity contribution in [2.75, 3.05) is 18.0 Å². The van der Waals surface area contributed by atoms with E-state index < -0.39 is 21.6 Å². The van der Waals surface area contributed by atoms with Crippen molar-refractivity contribution in [2.24, 2.45) is 0 Å². The molecular weight excluding hydrogens is 332 g/mol. The van der Waals surface area contributed by atoms with Crippen molar-refractivity contribution in [1.29, 1.82) is 0 Å². The normalized spacial score (nSPS) is 14.1. The molecule has 2 aromatic rings. The van der Waals surface area contributed by atoms with E-state index in [1.165, 1.54) is 37.6 Å². The van der Waals surface area contributed by atoms with Gasteiger partial charge in [-0.05, 0) is 48.7 Å². The SMILES string of the molecule is COC(=O)c1ccc(S(=O)(=O)N2CCCc3cc[nH]c(=O)c32)cc1. The van der Waals surface area contributed by atoms with Crippen LogP contribution >= 0.6 is 0 Å². The summed E-state index contributed by atoms with van der Waals surface area (Å²) in [6.07, 6.45) is 2.81. The van der Waals surface area contributed by atoms with Crippen LogP contribution in [0, 0.1) is 0 Å². The standard InChI is InChI=1S/C16H16N2O5S/c1-23-16(20)12-4-6-13(7-5-12)24(21,22)18-10-2-3-11-8-9-17-15(19)14(11)18/h4-9H,2-3,10H2,1H3,(H,17,19). The first-order valence-electron chi connectivity index (χ1n) is 7.37. The van der Waals surface area contributed by atoms with Crippen LogP contribution in [0.25, 0.3) is 0 Å². The largest absolute Gasteiger partial charge is 0.465 e. The summed E-state index contributed by atoms with van der Waals surface area (Å²) in [6, 6.07) is 7.18. The number of carbonyl (C=O) groups is 1. The number of carbonyl (C=O) groups excluding carboxylic acids is 1. The number of ether oxygens (including phenoxy) is 1. The molecule has 0 spiro atoms. The summed E-state index contributed by atoms with van der Waals surface area (Å²) in [5, 5.41) is 0. The number of pyridine rings is 1. The maximum atomic E-state index is 12.9. The zero-order chi connectivity index (χ0) is 17.3. The molecule has 1 aliphatic heterocycles. The fourth-order valence-electron chi connectivity index (χ4n) is 2.76. The molecule has 0 saturated heterocycles. The molecule has 1 aliphatic rings. The molecule has 7 nitrogen and oxygen atoms in total. The lowest BCUT2D eigenvalue weighted by atomic mass is 10.1. The van der Waals surface area contributed by atoms with Crippen molar-refractivity contribution < 1.29 is 17.9 Å². The van der Waals surface area contributed by atoms with Gasteiger partial charge in [0.25, 0.3) is 15.6 Å². The molecule has 126 valence electrons. The van der Waals surface area contributed by atoms with Gasteiger partial charge in [-0.25, -0.2) is 13.2 Å². The van der Waals surface area contributed by atoms with Gasteiger partial charge in [-0.2, -0.15) is 0 Å². The number of aryl methyl sites for hydroxylation is 1. The number of rotatable bonds is 3. The Balaban J connectivity index is 2.04. The lowest BCUT2D eigenvalue weighted by Crippen LogP contribution is -2.39. The van der Waals surface area contributed by atoms with Crippen LogP contribution in [0.2, 0.25) is 0 Å². The monoisotopic (exact) mass is 348 g/mol. The van der Waals surface area contributed by atoms with Gasteiger partial charge >= 0.3 is 5.97 Å². The summed E-state index contributed by atoms with van der Waals surface area (Å²) in [6.45, 7) is 0.237. The van der Waals surface area contributed by atoms with E-state index in [4.69, 9.17) is 0 Å². The van der Waals surface area contributed by atoms with Crippen molar-refractivity contribution in [2.45, 2.75) is 17.7 Å². The van der Waals surface area contributed by atoms with E-state index in [1.54, 1.807) is 6.07 Å². The number of hydrogen-bond donors (Lipinski definition) is 1. The minimum absolute atomic E-state index is 0.0197. The Kier molecular flexibility index (Phi) is 4.15. The number of aromatic nitrogens is 1. The number of nitrogens with zero attached hydrogens (tertiary/aromatic N) is 1. The number of anilines is 1. The van der Waals surface area contributed by atoms with E-state index >= 15 is 0 Å². The second-order valence-corrected chi connectivity index (χ2v) is 7.24. The molecule has 1 N–H and O–H groups in total. The second-order valence-electron chi connectivity index (χ2n) is 5.38. The second kappa shape index (κ2) is 6.12. The predicted molar refractivity (Wildman–Crippen MR) is 87.7 cm³/mol. The number of methoxy groups -OCH3 is 1. The van der Waals surface area contributed by atoms with E-state index in [0.717, 1.165) is 4.31 Å². The fourth-order valence-corrected chi connectivity index (χ4v) is 4.30. The molecule has 1 aromatic heterocycles. The van der Waals surface area contributed by atoms with Gasteiger partial charge in [0.05, 0.1) is 17.6 Å².